The van der Waals surface area contributed by atoms with Crippen LogP contribution in [-0.2, 0) is 27.8 Å². The van der Waals surface area contributed by atoms with Crippen LogP contribution >= 0.6 is 0 Å². The lowest BCUT2D eigenvalue weighted by atomic mass is 10.1. The van der Waals surface area contributed by atoms with Crippen LogP contribution in [-0.4, -0.2) is 34.8 Å². The van der Waals surface area contributed by atoms with E-state index >= 15 is 0 Å². The number of sulfonamides is 1. The fourth-order valence-corrected chi connectivity index (χ4v) is 5.42. The molecule has 0 spiro atoms. The maximum atomic E-state index is 13.8. The number of rotatable bonds is 9. The molecule has 0 fully saturated rings. The average molecular weight is 497 g/mol. The van der Waals surface area contributed by atoms with E-state index in [1.807, 2.05) is 25.1 Å². The Balaban J connectivity index is 1.60. The fourth-order valence-electron chi connectivity index (χ4n) is 3.76. The molecular weight excluding hydrogens is 468 g/mol. The van der Waals surface area contributed by atoms with E-state index in [1.54, 1.807) is 49.4 Å². The van der Waals surface area contributed by atoms with Gasteiger partial charge in [0.25, 0.3) is 10.0 Å². The van der Waals surface area contributed by atoms with Crippen molar-refractivity contribution < 1.29 is 27.4 Å². The van der Waals surface area contributed by atoms with Crippen LogP contribution in [0.4, 0.5) is 5.69 Å². The summed E-state index contributed by atoms with van der Waals surface area (Å²) >= 11 is 0. The van der Waals surface area contributed by atoms with Crippen LogP contribution in [0.1, 0.15) is 23.6 Å². The highest BCUT2D eigenvalue weighted by Crippen LogP contribution is 2.33. The summed E-state index contributed by atoms with van der Waals surface area (Å²) in [6.07, 6.45) is 0.814. The predicted molar refractivity (Wildman–Crippen MR) is 132 cm³/mol. The first kappa shape index (κ1) is 24.4. The van der Waals surface area contributed by atoms with E-state index in [0.717, 1.165) is 27.4 Å². The van der Waals surface area contributed by atoms with E-state index < -0.39 is 22.5 Å². The molecule has 0 saturated heterocycles. The van der Waals surface area contributed by atoms with Gasteiger partial charge in [0.15, 0.2) is 11.5 Å². The van der Waals surface area contributed by atoms with Crippen molar-refractivity contribution in [3.05, 3.63) is 77.4 Å². The van der Waals surface area contributed by atoms with E-state index in [1.165, 1.54) is 7.11 Å². The Labute approximate surface area is 205 Å². The second-order valence-corrected chi connectivity index (χ2v) is 9.98. The number of methoxy groups -OCH3 is 1. The minimum atomic E-state index is -4.11. The second kappa shape index (κ2) is 10.3. The van der Waals surface area contributed by atoms with Gasteiger partial charge in [0.05, 0.1) is 12.8 Å². The summed E-state index contributed by atoms with van der Waals surface area (Å²) in [5.74, 6) is 1.03. The first-order chi connectivity index (χ1) is 16.8. The molecule has 184 valence electrons. The molecule has 1 amide bonds. The lowest BCUT2D eigenvalue weighted by molar-refractivity contribution is -0.119. The molecule has 0 aliphatic carbocycles. The molecule has 0 aromatic heterocycles. The number of carbonyl (C=O) groups excluding carboxylic acids is 1. The fraction of sp³-hybridized carbons (Fsp3) is 0.269. The maximum absolute atomic E-state index is 13.8. The van der Waals surface area contributed by atoms with Crippen molar-refractivity contribution >= 4 is 21.6 Å². The Morgan fingerprint density at radius 3 is 2.43 bits per heavy atom. The molecular formula is C26H28N2O6S. The van der Waals surface area contributed by atoms with Gasteiger partial charge in [0.2, 0.25) is 12.7 Å². The highest BCUT2D eigenvalue weighted by atomic mass is 32.2. The van der Waals surface area contributed by atoms with Crippen molar-refractivity contribution in [2.45, 2.75) is 31.7 Å². The molecule has 4 rings (SSSR count). The Bertz CT molecular complexity index is 1320. The van der Waals surface area contributed by atoms with Crippen molar-refractivity contribution in [1.29, 1.82) is 0 Å². The number of hydrogen-bond acceptors (Lipinski definition) is 6. The molecule has 3 aromatic rings. The Morgan fingerprint density at radius 2 is 1.71 bits per heavy atom. The highest BCUT2D eigenvalue weighted by molar-refractivity contribution is 7.93. The summed E-state index contributed by atoms with van der Waals surface area (Å²) in [4.78, 5) is 13.0. The van der Waals surface area contributed by atoms with Crippen LogP contribution in [0.5, 0.6) is 17.2 Å². The van der Waals surface area contributed by atoms with Crippen molar-refractivity contribution in [2.75, 3.05) is 24.8 Å². The molecule has 0 saturated carbocycles. The molecule has 0 radical (unpaired) electrons. The van der Waals surface area contributed by atoms with E-state index in [9.17, 15) is 13.2 Å². The summed E-state index contributed by atoms with van der Waals surface area (Å²) in [6, 6.07) is 17.5. The molecule has 3 aromatic carbocycles. The summed E-state index contributed by atoms with van der Waals surface area (Å²) in [5, 5.41) is 2.80. The van der Waals surface area contributed by atoms with E-state index in [4.69, 9.17) is 14.2 Å². The molecule has 0 unspecified atom stereocenters. The van der Waals surface area contributed by atoms with Gasteiger partial charge in [-0.3, -0.25) is 9.10 Å². The van der Waals surface area contributed by atoms with Crippen LogP contribution in [0, 0.1) is 6.92 Å². The second-order valence-electron chi connectivity index (χ2n) is 8.15. The average Bonchev–Trinajstić information content (AvgIpc) is 3.34. The Morgan fingerprint density at radius 1 is 1.00 bits per heavy atom. The smallest absolute Gasteiger partial charge is 0.268 e. The number of nitrogens with zero attached hydrogens (tertiary/aromatic N) is 1. The minimum absolute atomic E-state index is 0.00291. The van der Waals surface area contributed by atoms with Crippen LogP contribution < -0.4 is 23.8 Å². The number of nitrogens with one attached hydrogen (secondary N) is 1. The molecule has 1 heterocycles. The molecule has 1 aliphatic rings. The van der Waals surface area contributed by atoms with Crippen LogP contribution in [0.25, 0.3) is 0 Å². The van der Waals surface area contributed by atoms with Gasteiger partial charge >= 0.3 is 0 Å². The summed E-state index contributed by atoms with van der Waals surface area (Å²) in [5.41, 5.74) is 3.03. The third kappa shape index (κ3) is 5.35. The first-order valence-corrected chi connectivity index (χ1v) is 12.7. The van der Waals surface area contributed by atoms with Gasteiger partial charge in [0, 0.05) is 6.54 Å². The van der Waals surface area contributed by atoms with Crippen molar-refractivity contribution in [1.82, 2.24) is 5.32 Å². The van der Waals surface area contributed by atoms with Gasteiger partial charge in [-0.2, -0.15) is 0 Å². The van der Waals surface area contributed by atoms with Gasteiger partial charge in [-0.15, -0.1) is 0 Å². The molecule has 9 heteroatoms. The van der Waals surface area contributed by atoms with Gasteiger partial charge in [0.1, 0.15) is 17.2 Å². The Kier molecular flexibility index (Phi) is 7.16. The lowest BCUT2D eigenvalue weighted by Gasteiger charge is -2.25. The number of hydrogen-bond donors (Lipinski definition) is 1. The first-order valence-electron chi connectivity index (χ1n) is 11.2. The quantitative estimate of drug-likeness (QED) is 0.484. The van der Waals surface area contributed by atoms with Crippen molar-refractivity contribution in [2.24, 2.45) is 0 Å². The predicted octanol–water partition coefficient (Wildman–Crippen LogP) is 3.81. The van der Waals surface area contributed by atoms with E-state index in [0.29, 0.717) is 17.2 Å². The SMILES string of the molecule is CCc1ccc(N(CC(=O)NCc2ccc3c(c2)OCO3)S(=O)(=O)c2cc(C)ccc2OC)cc1. The number of benzene rings is 3. The zero-order valence-corrected chi connectivity index (χ0v) is 20.7. The summed E-state index contributed by atoms with van der Waals surface area (Å²) in [7, 11) is -2.70. The number of ether oxygens (including phenoxy) is 3. The number of amides is 1. The number of aryl methyl sites for hydroxylation is 2. The molecule has 0 bridgehead atoms. The normalized spacial score (nSPS) is 12.3. The van der Waals surface area contributed by atoms with Gasteiger partial charge in [-0.05, 0) is 66.4 Å². The lowest BCUT2D eigenvalue weighted by Crippen LogP contribution is -2.40. The largest absolute Gasteiger partial charge is 0.495 e. The van der Waals surface area contributed by atoms with Crippen LogP contribution in [0.3, 0.4) is 0 Å². The van der Waals surface area contributed by atoms with E-state index in [-0.39, 0.29) is 24.0 Å². The highest BCUT2D eigenvalue weighted by Gasteiger charge is 2.30. The summed E-state index contributed by atoms with van der Waals surface area (Å²) in [6.45, 7) is 3.81. The summed E-state index contributed by atoms with van der Waals surface area (Å²) < 4.78 is 44.7. The van der Waals surface area contributed by atoms with Crippen molar-refractivity contribution in [3.63, 3.8) is 0 Å². The standard InChI is InChI=1S/C26H28N2O6S/c1-4-19-6-9-21(10-7-19)28(35(30,31)25-13-18(2)5-11-23(25)32-3)16-26(29)27-15-20-8-12-22-24(14-20)34-17-33-22/h5-14H,4,15-17H2,1-3H3,(H,27,29). The number of anilines is 1. The third-order valence-corrected chi connectivity index (χ3v) is 7.53. The topological polar surface area (TPSA) is 94.2 Å². The monoisotopic (exact) mass is 496 g/mol. The van der Waals surface area contributed by atoms with Crippen molar-refractivity contribution in [3.8, 4) is 17.2 Å². The van der Waals surface area contributed by atoms with E-state index in [2.05, 4.69) is 5.32 Å². The molecule has 35 heavy (non-hydrogen) atoms. The number of fused-ring (bicyclic) bond motifs is 1. The zero-order valence-electron chi connectivity index (χ0n) is 19.9. The maximum Gasteiger partial charge on any atom is 0.268 e. The molecule has 8 nitrogen and oxygen atoms in total. The van der Waals surface area contributed by atoms with Crippen LogP contribution in [0.15, 0.2) is 65.6 Å². The molecule has 1 aliphatic heterocycles. The zero-order chi connectivity index (χ0) is 25.0. The molecule has 0 atom stereocenters. The molecule has 1 N–H and O–H groups in total. The van der Waals surface area contributed by atoms with Gasteiger partial charge in [-0.1, -0.05) is 31.2 Å². The van der Waals surface area contributed by atoms with Gasteiger partial charge in [-0.25, -0.2) is 8.42 Å². The Hall–Kier alpha value is -3.72. The number of carbonyl (C=O) groups is 1. The van der Waals surface area contributed by atoms with Gasteiger partial charge < -0.3 is 19.5 Å². The van der Waals surface area contributed by atoms with Crippen LogP contribution in [0.2, 0.25) is 0 Å². The minimum Gasteiger partial charge on any atom is -0.495 e. The third-order valence-electron chi connectivity index (χ3n) is 5.73.